The van der Waals surface area contributed by atoms with Crippen LogP contribution < -0.4 is 11.1 Å². The van der Waals surface area contributed by atoms with Gasteiger partial charge in [-0.15, -0.1) is 0 Å². The molecule has 3 unspecified atom stereocenters. The molecule has 5 heteroatoms. The minimum absolute atomic E-state index is 0.0400. The average Bonchev–Trinajstić information content (AvgIpc) is 2.76. The van der Waals surface area contributed by atoms with Gasteiger partial charge in [0.25, 0.3) is 0 Å². The van der Waals surface area contributed by atoms with Crippen LogP contribution in [0.1, 0.15) is 26.2 Å². The van der Waals surface area contributed by atoms with E-state index in [0.29, 0.717) is 13.2 Å². The molecule has 1 aliphatic heterocycles. The van der Waals surface area contributed by atoms with Crippen LogP contribution in [-0.4, -0.2) is 44.4 Å². The van der Waals surface area contributed by atoms with Crippen LogP contribution in [-0.2, 0) is 14.3 Å². The monoisotopic (exact) mass is 230 g/mol. The van der Waals surface area contributed by atoms with Gasteiger partial charge >= 0.3 is 0 Å². The van der Waals surface area contributed by atoms with E-state index in [1.165, 1.54) is 0 Å². The highest BCUT2D eigenvalue weighted by Gasteiger charge is 2.30. The molecule has 1 saturated heterocycles. The zero-order valence-corrected chi connectivity index (χ0v) is 10.1. The van der Waals surface area contributed by atoms with Crippen LogP contribution in [0.5, 0.6) is 0 Å². The molecule has 0 aromatic carbocycles. The Morgan fingerprint density at radius 3 is 2.88 bits per heavy atom. The summed E-state index contributed by atoms with van der Waals surface area (Å²) >= 11 is 0. The maximum atomic E-state index is 11.8. The van der Waals surface area contributed by atoms with E-state index in [4.69, 9.17) is 15.2 Å². The summed E-state index contributed by atoms with van der Waals surface area (Å²) in [6, 6.07) is 0.0676. The van der Waals surface area contributed by atoms with Gasteiger partial charge in [-0.2, -0.15) is 0 Å². The van der Waals surface area contributed by atoms with E-state index in [1.54, 1.807) is 7.11 Å². The highest BCUT2D eigenvalue weighted by atomic mass is 16.5. The Hall–Kier alpha value is -0.650. The van der Waals surface area contributed by atoms with E-state index >= 15 is 0 Å². The maximum absolute atomic E-state index is 11.8. The highest BCUT2D eigenvalue weighted by Crippen LogP contribution is 2.19. The predicted molar refractivity (Wildman–Crippen MR) is 61.0 cm³/mol. The van der Waals surface area contributed by atoms with Gasteiger partial charge in [-0.05, 0) is 19.3 Å². The molecule has 1 fully saturated rings. The zero-order chi connectivity index (χ0) is 12.0. The van der Waals surface area contributed by atoms with Gasteiger partial charge in [-0.25, -0.2) is 0 Å². The predicted octanol–water partition coefficient (Wildman–Crippen LogP) is 0.0339. The molecule has 3 N–H and O–H groups in total. The van der Waals surface area contributed by atoms with Crippen molar-refractivity contribution in [2.45, 2.75) is 44.4 Å². The number of nitrogens with one attached hydrogen (secondary N) is 1. The number of amides is 1. The van der Waals surface area contributed by atoms with Crippen molar-refractivity contribution < 1.29 is 14.3 Å². The molecule has 0 radical (unpaired) electrons. The number of rotatable bonds is 6. The first kappa shape index (κ1) is 13.4. The molecule has 1 rings (SSSR count). The van der Waals surface area contributed by atoms with Crippen LogP contribution in [0.15, 0.2) is 0 Å². The molecule has 0 spiro atoms. The SMILES string of the molecule is CCC(COC)NC(=O)C1CCC(CN)O1. The van der Waals surface area contributed by atoms with E-state index < -0.39 is 0 Å². The fraction of sp³-hybridized carbons (Fsp3) is 0.909. The summed E-state index contributed by atoms with van der Waals surface area (Å²) in [6.07, 6.45) is 2.19. The van der Waals surface area contributed by atoms with Gasteiger partial charge in [0.1, 0.15) is 6.10 Å². The molecule has 0 aromatic rings. The quantitative estimate of drug-likeness (QED) is 0.675. The Morgan fingerprint density at radius 2 is 2.38 bits per heavy atom. The molecule has 0 bridgehead atoms. The van der Waals surface area contributed by atoms with Crippen LogP contribution in [0.2, 0.25) is 0 Å². The smallest absolute Gasteiger partial charge is 0.249 e. The summed E-state index contributed by atoms with van der Waals surface area (Å²) in [5, 5.41) is 2.92. The number of ether oxygens (including phenoxy) is 2. The standard InChI is InChI=1S/C11H22N2O3/c1-3-8(7-15-2)13-11(14)10-5-4-9(6-12)16-10/h8-10H,3-7,12H2,1-2H3,(H,13,14). The molecule has 0 saturated carbocycles. The summed E-state index contributed by atoms with van der Waals surface area (Å²) < 4.78 is 10.5. The van der Waals surface area contributed by atoms with Crippen molar-refractivity contribution in [2.75, 3.05) is 20.3 Å². The van der Waals surface area contributed by atoms with Crippen LogP contribution >= 0.6 is 0 Å². The maximum Gasteiger partial charge on any atom is 0.249 e. The normalized spacial score (nSPS) is 26.7. The van der Waals surface area contributed by atoms with Crippen molar-refractivity contribution in [3.05, 3.63) is 0 Å². The molecule has 3 atom stereocenters. The molecule has 0 aliphatic carbocycles. The lowest BCUT2D eigenvalue weighted by Crippen LogP contribution is -2.43. The average molecular weight is 230 g/mol. The fourth-order valence-electron chi connectivity index (χ4n) is 1.83. The Morgan fingerprint density at radius 1 is 1.62 bits per heavy atom. The third-order valence-electron chi connectivity index (χ3n) is 2.87. The first-order valence-electron chi connectivity index (χ1n) is 5.86. The number of carbonyl (C=O) groups is 1. The minimum atomic E-state index is -0.334. The number of carbonyl (C=O) groups excluding carboxylic acids is 1. The second-order valence-electron chi connectivity index (χ2n) is 4.13. The second-order valence-corrected chi connectivity index (χ2v) is 4.13. The Balaban J connectivity index is 2.34. The fourth-order valence-corrected chi connectivity index (χ4v) is 1.83. The molecular formula is C11H22N2O3. The summed E-state index contributed by atoms with van der Waals surface area (Å²) in [7, 11) is 1.63. The zero-order valence-electron chi connectivity index (χ0n) is 10.1. The lowest BCUT2D eigenvalue weighted by molar-refractivity contribution is -0.133. The van der Waals surface area contributed by atoms with Gasteiger partial charge < -0.3 is 20.5 Å². The van der Waals surface area contributed by atoms with Gasteiger partial charge in [-0.3, -0.25) is 4.79 Å². The summed E-state index contributed by atoms with van der Waals surface area (Å²) in [4.78, 5) is 11.8. The van der Waals surface area contributed by atoms with Crippen molar-refractivity contribution in [3.8, 4) is 0 Å². The largest absolute Gasteiger partial charge is 0.383 e. The molecule has 94 valence electrons. The van der Waals surface area contributed by atoms with E-state index in [0.717, 1.165) is 19.3 Å². The summed E-state index contributed by atoms with van der Waals surface area (Å²) in [5.41, 5.74) is 5.49. The van der Waals surface area contributed by atoms with E-state index in [-0.39, 0.29) is 24.2 Å². The topological polar surface area (TPSA) is 73.6 Å². The number of nitrogens with two attached hydrogens (primary N) is 1. The first-order chi connectivity index (χ1) is 7.71. The van der Waals surface area contributed by atoms with Crippen LogP contribution in [0.4, 0.5) is 0 Å². The van der Waals surface area contributed by atoms with Crippen LogP contribution in [0, 0.1) is 0 Å². The molecule has 5 nitrogen and oxygen atoms in total. The van der Waals surface area contributed by atoms with Crippen LogP contribution in [0.25, 0.3) is 0 Å². The lowest BCUT2D eigenvalue weighted by atomic mass is 10.1. The van der Waals surface area contributed by atoms with Crippen molar-refractivity contribution in [2.24, 2.45) is 5.73 Å². The third-order valence-corrected chi connectivity index (χ3v) is 2.87. The van der Waals surface area contributed by atoms with Crippen molar-refractivity contribution in [1.29, 1.82) is 0 Å². The minimum Gasteiger partial charge on any atom is -0.383 e. The molecular weight excluding hydrogens is 208 g/mol. The Kier molecular flexibility index (Phi) is 5.73. The Bertz CT molecular complexity index is 223. The lowest BCUT2D eigenvalue weighted by Gasteiger charge is -2.19. The van der Waals surface area contributed by atoms with Crippen molar-refractivity contribution in [3.63, 3.8) is 0 Å². The number of hydrogen-bond acceptors (Lipinski definition) is 4. The molecule has 1 amide bonds. The molecule has 1 heterocycles. The van der Waals surface area contributed by atoms with E-state index in [9.17, 15) is 4.79 Å². The third kappa shape index (κ3) is 3.73. The summed E-state index contributed by atoms with van der Waals surface area (Å²) in [5.74, 6) is -0.0418. The van der Waals surface area contributed by atoms with Gasteiger partial charge in [0, 0.05) is 13.7 Å². The summed E-state index contributed by atoms with van der Waals surface area (Å²) in [6.45, 7) is 3.04. The van der Waals surface area contributed by atoms with Crippen molar-refractivity contribution in [1.82, 2.24) is 5.32 Å². The van der Waals surface area contributed by atoms with Gasteiger partial charge in [-0.1, -0.05) is 6.92 Å². The van der Waals surface area contributed by atoms with E-state index in [1.807, 2.05) is 6.92 Å². The molecule has 0 aromatic heterocycles. The van der Waals surface area contributed by atoms with Crippen LogP contribution in [0.3, 0.4) is 0 Å². The Labute approximate surface area is 96.7 Å². The molecule has 1 aliphatic rings. The first-order valence-corrected chi connectivity index (χ1v) is 5.86. The van der Waals surface area contributed by atoms with Gasteiger partial charge in [0.15, 0.2) is 0 Å². The van der Waals surface area contributed by atoms with Gasteiger partial charge in [0.2, 0.25) is 5.91 Å². The van der Waals surface area contributed by atoms with Gasteiger partial charge in [0.05, 0.1) is 18.8 Å². The number of methoxy groups -OCH3 is 1. The highest BCUT2D eigenvalue weighted by molar-refractivity contribution is 5.81. The van der Waals surface area contributed by atoms with E-state index in [2.05, 4.69) is 5.32 Å². The second kappa shape index (κ2) is 6.83. The number of hydrogen-bond donors (Lipinski definition) is 2. The van der Waals surface area contributed by atoms with Crippen molar-refractivity contribution >= 4 is 5.91 Å². The molecule has 16 heavy (non-hydrogen) atoms.